The van der Waals surface area contributed by atoms with Crippen molar-refractivity contribution in [3.05, 3.63) is 35.2 Å². The third kappa shape index (κ3) is 4.27. The van der Waals surface area contributed by atoms with Crippen molar-refractivity contribution >= 4 is 17.5 Å². The van der Waals surface area contributed by atoms with Crippen LogP contribution >= 0.6 is 0 Å². The number of rotatable bonds is 2. The van der Waals surface area contributed by atoms with Crippen molar-refractivity contribution in [1.82, 2.24) is 9.88 Å². The minimum Gasteiger partial charge on any atom is -0.594 e. The first kappa shape index (κ1) is 16.4. The highest BCUT2D eigenvalue weighted by Gasteiger charge is 2.23. The van der Waals surface area contributed by atoms with E-state index in [2.05, 4.69) is 4.98 Å². The molecule has 0 bridgehead atoms. The number of carbonyl (C=O) groups excluding carboxylic acids is 1. The van der Waals surface area contributed by atoms with Gasteiger partial charge in [-0.15, -0.1) is 0 Å². The highest BCUT2D eigenvalue weighted by molar-refractivity contribution is 5.72. The maximum atomic E-state index is 12.0. The molecule has 22 heavy (non-hydrogen) atoms. The fraction of sp³-hybridized carbons (Fsp3) is 0.467. The molecule has 7 heteroatoms. The minimum absolute atomic E-state index is 0.0236. The van der Waals surface area contributed by atoms with Crippen LogP contribution in [0.1, 0.15) is 32.8 Å². The molecule has 1 unspecified atom stereocenters. The van der Waals surface area contributed by atoms with Crippen LogP contribution in [-0.2, 0) is 4.74 Å². The van der Waals surface area contributed by atoms with Crippen LogP contribution in [0.2, 0.25) is 0 Å². The lowest BCUT2D eigenvalue weighted by Gasteiger charge is -2.29. The normalized spacial score (nSPS) is 17.0. The number of nitrogens with one attached hydrogen (secondary N) is 1. The van der Waals surface area contributed by atoms with Crippen molar-refractivity contribution in [3.8, 4) is 0 Å². The van der Waals surface area contributed by atoms with E-state index < -0.39 is 10.8 Å². The SMILES string of the molecule is CC(C)(C)OC(=O)N1CC=C(c2ccc([NH+]([O-])O)nc2)CC1. The van der Waals surface area contributed by atoms with Gasteiger partial charge in [-0.1, -0.05) is 6.08 Å². The summed E-state index contributed by atoms with van der Waals surface area (Å²) >= 11 is 0. The Kier molecular flexibility index (Phi) is 4.80. The van der Waals surface area contributed by atoms with Crippen molar-refractivity contribution < 1.29 is 20.0 Å². The van der Waals surface area contributed by atoms with E-state index in [4.69, 9.17) is 9.94 Å². The van der Waals surface area contributed by atoms with Gasteiger partial charge in [0.2, 0.25) is 0 Å². The van der Waals surface area contributed by atoms with E-state index in [9.17, 15) is 10.0 Å². The Bertz CT molecular complexity index is 561. The fourth-order valence-corrected chi connectivity index (χ4v) is 2.13. The third-order valence-electron chi connectivity index (χ3n) is 3.21. The highest BCUT2D eigenvalue weighted by atomic mass is 16.8. The van der Waals surface area contributed by atoms with Gasteiger partial charge >= 0.3 is 6.09 Å². The zero-order chi connectivity index (χ0) is 16.3. The van der Waals surface area contributed by atoms with E-state index in [0.717, 1.165) is 11.1 Å². The van der Waals surface area contributed by atoms with Gasteiger partial charge in [-0.25, -0.2) is 15.0 Å². The van der Waals surface area contributed by atoms with Crippen LogP contribution in [0.4, 0.5) is 10.6 Å². The molecule has 7 nitrogen and oxygen atoms in total. The Morgan fingerprint density at radius 2 is 2.18 bits per heavy atom. The molecule has 1 atom stereocenters. The van der Waals surface area contributed by atoms with Crippen molar-refractivity contribution in [3.63, 3.8) is 0 Å². The van der Waals surface area contributed by atoms with Crippen molar-refractivity contribution in [2.45, 2.75) is 32.8 Å². The van der Waals surface area contributed by atoms with Gasteiger partial charge in [-0.05, 0) is 44.4 Å². The summed E-state index contributed by atoms with van der Waals surface area (Å²) in [4.78, 5) is 17.5. The average molecular weight is 307 g/mol. The van der Waals surface area contributed by atoms with Gasteiger partial charge in [0.1, 0.15) is 5.60 Å². The Morgan fingerprint density at radius 3 is 2.64 bits per heavy atom. The molecule has 0 fully saturated rings. The first-order chi connectivity index (χ1) is 10.3. The Labute approximate surface area is 129 Å². The van der Waals surface area contributed by atoms with Crippen LogP contribution in [0, 0.1) is 5.21 Å². The van der Waals surface area contributed by atoms with Gasteiger partial charge in [0, 0.05) is 25.4 Å². The molecule has 2 rings (SSSR count). The maximum absolute atomic E-state index is 12.0. The molecular weight excluding hydrogens is 286 g/mol. The van der Waals surface area contributed by atoms with E-state index in [1.54, 1.807) is 17.2 Å². The quantitative estimate of drug-likeness (QED) is 0.808. The number of carbonyl (C=O) groups is 1. The van der Waals surface area contributed by atoms with Crippen molar-refractivity contribution in [2.24, 2.45) is 0 Å². The molecule has 2 heterocycles. The number of amides is 1. The Balaban J connectivity index is 2.00. The van der Waals surface area contributed by atoms with Crippen molar-refractivity contribution in [1.29, 1.82) is 0 Å². The minimum atomic E-state index is -1.04. The third-order valence-corrected chi connectivity index (χ3v) is 3.21. The lowest BCUT2D eigenvalue weighted by atomic mass is 10.0. The zero-order valence-electron chi connectivity index (χ0n) is 13.0. The van der Waals surface area contributed by atoms with Gasteiger partial charge in [0.15, 0.2) is 0 Å². The number of ether oxygens (including phenoxy) is 1. The fourth-order valence-electron chi connectivity index (χ4n) is 2.13. The van der Waals surface area contributed by atoms with Crippen LogP contribution < -0.4 is 5.23 Å². The molecule has 0 radical (unpaired) electrons. The molecule has 0 spiro atoms. The number of hydrogen-bond acceptors (Lipinski definition) is 5. The van der Waals surface area contributed by atoms with E-state index in [1.165, 1.54) is 6.07 Å². The number of pyridine rings is 1. The average Bonchev–Trinajstić information content (AvgIpc) is 2.46. The topological polar surface area (TPSA) is 90.2 Å². The monoisotopic (exact) mass is 307 g/mol. The lowest BCUT2D eigenvalue weighted by Crippen LogP contribution is -2.99. The molecule has 120 valence electrons. The first-order valence-corrected chi connectivity index (χ1v) is 7.13. The summed E-state index contributed by atoms with van der Waals surface area (Å²) in [6.45, 7) is 6.57. The molecule has 0 aliphatic carbocycles. The molecule has 0 saturated carbocycles. The lowest BCUT2D eigenvalue weighted by molar-refractivity contribution is -0.993. The molecule has 0 aromatic carbocycles. The highest BCUT2D eigenvalue weighted by Crippen LogP contribution is 2.23. The van der Waals surface area contributed by atoms with Crippen molar-refractivity contribution in [2.75, 3.05) is 13.1 Å². The molecule has 0 saturated heterocycles. The van der Waals surface area contributed by atoms with E-state index >= 15 is 0 Å². The maximum Gasteiger partial charge on any atom is 0.410 e. The van der Waals surface area contributed by atoms with Crippen LogP contribution in [0.5, 0.6) is 0 Å². The number of quaternary nitrogens is 1. The summed E-state index contributed by atoms with van der Waals surface area (Å²) in [5.41, 5.74) is 1.44. The summed E-state index contributed by atoms with van der Waals surface area (Å²) in [5.74, 6) is 0.0236. The predicted molar refractivity (Wildman–Crippen MR) is 80.4 cm³/mol. The number of aromatic nitrogens is 1. The largest absolute Gasteiger partial charge is 0.594 e. The summed E-state index contributed by atoms with van der Waals surface area (Å²) in [6, 6.07) is 3.23. The smallest absolute Gasteiger partial charge is 0.410 e. The first-order valence-electron chi connectivity index (χ1n) is 7.13. The second-order valence-corrected chi connectivity index (χ2v) is 6.14. The van der Waals surface area contributed by atoms with Crippen LogP contribution in [-0.4, -0.2) is 39.9 Å². The molecule has 1 aromatic rings. The molecule has 1 amide bonds. The van der Waals surface area contributed by atoms with Crippen LogP contribution in [0.15, 0.2) is 24.4 Å². The van der Waals surface area contributed by atoms with Gasteiger partial charge in [-0.2, -0.15) is 5.23 Å². The second kappa shape index (κ2) is 6.43. The Hall–Kier alpha value is -1.96. The van der Waals surface area contributed by atoms with E-state index in [-0.39, 0.29) is 11.9 Å². The predicted octanol–water partition coefficient (Wildman–Crippen LogP) is 1.51. The molecular formula is C15H21N3O4. The van der Waals surface area contributed by atoms with Crippen LogP contribution in [0.25, 0.3) is 5.57 Å². The second-order valence-electron chi connectivity index (χ2n) is 6.14. The molecule has 1 aliphatic rings. The van der Waals surface area contributed by atoms with E-state index in [0.29, 0.717) is 19.5 Å². The summed E-state index contributed by atoms with van der Waals surface area (Å²) in [6.07, 6.45) is 3.87. The van der Waals surface area contributed by atoms with Gasteiger partial charge in [-0.3, -0.25) is 0 Å². The summed E-state index contributed by atoms with van der Waals surface area (Å²) < 4.78 is 5.34. The Morgan fingerprint density at radius 1 is 1.45 bits per heavy atom. The van der Waals surface area contributed by atoms with Gasteiger partial charge < -0.3 is 14.8 Å². The molecule has 1 aromatic heterocycles. The zero-order valence-corrected chi connectivity index (χ0v) is 13.0. The van der Waals surface area contributed by atoms with E-state index in [1.807, 2.05) is 26.8 Å². The van der Waals surface area contributed by atoms with Gasteiger partial charge in [0.25, 0.3) is 5.82 Å². The molecule has 1 aliphatic heterocycles. The van der Waals surface area contributed by atoms with Crippen LogP contribution in [0.3, 0.4) is 0 Å². The summed E-state index contributed by atoms with van der Waals surface area (Å²) in [5, 5.41) is 18.6. The molecule has 2 N–H and O–H groups in total. The summed E-state index contributed by atoms with van der Waals surface area (Å²) in [7, 11) is 0. The number of hydrogen-bond donors (Lipinski definition) is 2. The standard InChI is InChI=1S/C15H21N3O4/c1-15(2,3)22-14(19)17-8-6-11(7-9-17)12-4-5-13(16-10-12)18(20)21/h4-6,10,18,20H,7-9H2,1-3H3. The van der Waals surface area contributed by atoms with Gasteiger partial charge in [0.05, 0.1) is 0 Å². The number of nitrogens with zero attached hydrogens (tertiary/aromatic N) is 2.